The van der Waals surface area contributed by atoms with Crippen molar-refractivity contribution in [3.8, 4) is 0 Å². The van der Waals surface area contributed by atoms with Gasteiger partial charge in [-0.05, 0) is 43.7 Å². The third-order valence-corrected chi connectivity index (χ3v) is 2.46. The molecule has 0 bridgehead atoms. The minimum Gasteiger partial charge on any atom is -0.461 e. The first kappa shape index (κ1) is 16.6. The quantitative estimate of drug-likeness (QED) is 0.425. The van der Waals surface area contributed by atoms with Crippen molar-refractivity contribution >= 4 is 11.7 Å². The molecule has 1 rings (SSSR count). The first-order chi connectivity index (χ1) is 10.0. The summed E-state index contributed by atoms with van der Waals surface area (Å²) in [4.78, 5) is 10.7. The maximum Gasteiger partial charge on any atom is 0.302 e. The highest BCUT2D eigenvalue weighted by Gasteiger charge is 1.97. The number of hydrogen-bond acceptors (Lipinski definition) is 4. The Hall–Kier alpha value is -2.49. The van der Waals surface area contributed by atoms with Crippen molar-refractivity contribution < 1.29 is 9.53 Å². The molecule has 0 aromatic heterocycles. The molecule has 0 heterocycles. The van der Waals surface area contributed by atoms with E-state index in [1.165, 1.54) is 12.5 Å². The Morgan fingerprint density at radius 1 is 1.19 bits per heavy atom. The van der Waals surface area contributed by atoms with Crippen LogP contribution in [0.25, 0.3) is 0 Å². The third-order valence-electron chi connectivity index (χ3n) is 2.46. The fraction of sp³-hybridized carbons (Fsp3) is 0.235. The van der Waals surface area contributed by atoms with Crippen LogP contribution in [0.2, 0.25) is 0 Å². The SMILES string of the molecule is C=CC(=C\C=C(C)C)/N=N/c1ccc(COC(C)=O)cc1. The summed E-state index contributed by atoms with van der Waals surface area (Å²) in [7, 11) is 0. The van der Waals surface area contributed by atoms with Crippen LogP contribution in [0, 0.1) is 0 Å². The van der Waals surface area contributed by atoms with E-state index in [4.69, 9.17) is 4.74 Å². The second-order valence-corrected chi connectivity index (χ2v) is 4.69. The lowest BCUT2D eigenvalue weighted by atomic mass is 10.2. The van der Waals surface area contributed by atoms with Crippen LogP contribution in [0.15, 0.2) is 70.6 Å². The minimum atomic E-state index is -0.293. The lowest BCUT2D eigenvalue weighted by Gasteiger charge is -2.01. The molecule has 4 nitrogen and oxygen atoms in total. The number of allylic oxidation sites excluding steroid dienone is 4. The van der Waals surface area contributed by atoms with E-state index < -0.39 is 0 Å². The normalized spacial score (nSPS) is 11.3. The van der Waals surface area contributed by atoms with E-state index in [0.29, 0.717) is 5.70 Å². The van der Waals surface area contributed by atoms with Crippen molar-refractivity contribution in [1.82, 2.24) is 0 Å². The fourth-order valence-electron chi connectivity index (χ4n) is 1.35. The van der Waals surface area contributed by atoms with Gasteiger partial charge in [-0.15, -0.1) is 0 Å². The largest absolute Gasteiger partial charge is 0.461 e. The summed E-state index contributed by atoms with van der Waals surface area (Å²) < 4.78 is 4.92. The third kappa shape index (κ3) is 7.01. The molecule has 0 saturated carbocycles. The highest BCUT2D eigenvalue weighted by Crippen LogP contribution is 2.16. The topological polar surface area (TPSA) is 51.0 Å². The van der Waals surface area contributed by atoms with Crippen LogP contribution in [-0.4, -0.2) is 5.97 Å². The lowest BCUT2D eigenvalue weighted by molar-refractivity contribution is -0.142. The van der Waals surface area contributed by atoms with Crippen LogP contribution in [0.4, 0.5) is 5.69 Å². The van der Waals surface area contributed by atoms with Crippen molar-refractivity contribution in [1.29, 1.82) is 0 Å². The molecule has 4 heteroatoms. The molecule has 0 unspecified atom stereocenters. The molecule has 0 fully saturated rings. The van der Waals surface area contributed by atoms with Crippen molar-refractivity contribution in [2.75, 3.05) is 0 Å². The maximum atomic E-state index is 10.7. The first-order valence-corrected chi connectivity index (χ1v) is 6.63. The van der Waals surface area contributed by atoms with E-state index in [0.717, 1.165) is 11.3 Å². The van der Waals surface area contributed by atoms with E-state index in [1.54, 1.807) is 6.08 Å². The molecule has 0 aliphatic rings. The highest BCUT2D eigenvalue weighted by molar-refractivity contribution is 5.65. The zero-order valence-electron chi connectivity index (χ0n) is 12.7. The van der Waals surface area contributed by atoms with Crippen LogP contribution in [0.1, 0.15) is 26.3 Å². The van der Waals surface area contributed by atoms with Crippen molar-refractivity contribution in [3.05, 3.63) is 65.9 Å². The van der Waals surface area contributed by atoms with E-state index in [-0.39, 0.29) is 12.6 Å². The molecule has 0 spiro atoms. The number of carbonyl (C=O) groups is 1. The zero-order chi connectivity index (χ0) is 15.7. The molecule has 0 N–H and O–H groups in total. The van der Waals surface area contributed by atoms with Crippen molar-refractivity contribution in [3.63, 3.8) is 0 Å². The van der Waals surface area contributed by atoms with Gasteiger partial charge in [-0.1, -0.05) is 30.4 Å². The van der Waals surface area contributed by atoms with E-state index in [2.05, 4.69) is 16.8 Å². The van der Waals surface area contributed by atoms with Gasteiger partial charge in [-0.3, -0.25) is 4.79 Å². The molecule has 0 amide bonds. The smallest absolute Gasteiger partial charge is 0.302 e. The summed E-state index contributed by atoms with van der Waals surface area (Å²) in [5, 5.41) is 8.27. The van der Waals surface area contributed by atoms with Gasteiger partial charge < -0.3 is 4.74 Å². The molecule has 21 heavy (non-hydrogen) atoms. The second-order valence-electron chi connectivity index (χ2n) is 4.69. The van der Waals surface area contributed by atoms with Crippen LogP contribution in [0.3, 0.4) is 0 Å². The maximum absolute atomic E-state index is 10.7. The Kier molecular flexibility index (Phi) is 6.81. The number of hydrogen-bond donors (Lipinski definition) is 0. The molecule has 0 radical (unpaired) electrons. The van der Waals surface area contributed by atoms with Gasteiger partial charge in [0.2, 0.25) is 0 Å². The zero-order valence-corrected chi connectivity index (χ0v) is 12.7. The number of rotatable bonds is 6. The molecular formula is C17H20N2O2. The highest BCUT2D eigenvalue weighted by atomic mass is 16.5. The van der Waals surface area contributed by atoms with Gasteiger partial charge in [0.25, 0.3) is 0 Å². The number of azo groups is 1. The predicted octanol–water partition coefficient (Wildman–Crippen LogP) is 4.87. The van der Waals surface area contributed by atoms with Gasteiger partial charge >= 0.3 is 5.97 Å². The molecule has 1 aromatic carbocycles. The Labute approximate surface area is 125 Å². The summed E-state index contributed by atoms with van der Waals surface area (Å²) in [6, 6.07) is 7.35. The van der Waals surface area contributed by atoms with Gasteiger partial charge in [0.05, 0.1) is 11.4 Å². The number of carbonyl (C=O) groups excluding carboxylic acids is 1. The van der Waals surface area contributed by atoms with E-state index in [1.807, 2.05) is 50.3 Å². The number of ether oxygens (including phenoxy) is 1. The molecule has 0 saturated heterocycles. The van der Waals surface area contributed by atoms with Gasteiger partial charge in [0, 0.05) is 6.92 Å². The Bertz CT molecular complexity index is 577. The summed E-state index contributed by atoms with van der Waals surface area (Å²) in [5.74, 6) is -0.293. The lowest BCUT2D eigenvalue weighted by Crippen LogP contribution is -1.98. The Balaban J connectivity index is 2.72. The number of nitrogens with zero attached hydrogens (tertiary/aromatic N) is 2. The first-order valence-electron chi connectivity index (χ1n) is 6.63. The number of benzene rings is 1. The average Bonchev–Trinajstić information content (AvgIpc) is 2.46. The van der Waals surface area contributed by atoms with Crippen LogP contribution in [-0.2, 0) is 16.1 Å². The van der Waals surface area contributed by atoms with E-state index >= 15 is 0 Å². The van der Waals surface area contributed by atoms with Gasteiger partial charge in [-0.25, -0.2) is 0 Å². The summed E-state index contributed by atoms with van der Waals surface area (Å²) in [6.45, 7) is 9.38. The van der Waals surface area contributed by atoms with Gasteiger partial charge in [0.15, 0.2) is 0 Å². The summed E-state index contributed by atoms with van der Waals surface area (Å²) in [5.41, 5.74) is 3.51. The minimum absolute atomic E-state index is 0.269. The monoisotopic (exact) mass is 284 g/mol. The molecule has 0 aliphatic carbocycles. The van der Waals surface area contributed by atoms with Crippen LogP contribution in [0.5, 0.6) is 0 Å². The molecule has 1 aromatic rings. The summed E-state index contributed by atoms with van der Waals surface area (Å²) in [6.07, 6.45) is 5.47. The van der Waals surface area contributed by atoms with E-state index in [9.17, 15) is 4.79 Å². The number of esters is 1. The molecule has 0 aliphatic heterocycles. The van der Waals surface area contributed by atoms with Crippen LogP contribution < -0.4 is 0 Å². The van der Waals surface area contributed by atoms with Crippen LogP contribution >= 0.6 is 0 Å². The Morgan fingerprint density at radius 2 is 1.86 bits per heavy atom. The summed E-state index contributed by atoms with van der Waals surface area (Å²) >= 11 is 0. The van der Waals surface area contributed by atoms with Gasteiger partial charge in [0.1, 0.15) is 6.61 Å². The predicted molar refractivity (Wildman–Crippen MR) is 84.1 cm³/mol. The van der Waals surface area contributed by atoms with Crippen molar-refractivity contribution in [2.45, 2.75) is 27.4 Å². The molecular weight excluding hydrogens is 264 g/mol. The van der Waals surface area contributed by atoms with Crippen molar-refractivity contribution in [2.24, 2.45) is 10.2 Å². The molecule has 110 valence electrons. The van der Waals surface area contributed by atoms with Gasteiger partial charge in [-0.2, -0.15) is 10.2 Å². The average molecular weight is 284 g/mol. The standard InChI is InChI=1S/C17H20N2O2/c1-5-16(9-6-13(2)3)18-19-17-10-7-15(8-11-17)12-21-14(4)20/h5-11H,1,12H2,2-4H3/b16-9+,19-18+. The molecule has 0 atom stereocenters. The fourth-order valence-corrected chi connectivity index (χ4v) is 1.35. The second kappa shape index (κ2) is 8.64. The Morgan fingerprint density at radius 3 is 2.38 bits per heavy atom.